The van der Waals surface area contributed by atoms with Crippen LogP contribution in [0.5, 0.6) is 0 Å². The quantitative estimate of drug-likeness (QED) is 0.257. The number of carbonyl (C=O) groups excluding carboxylic acids is 1. The molecule has 1 amide bonds. The molecule has 1 aliphatic carbocycles. The van der Waals surface area contributed by atoms with Crippen molar-refractivity contribution in [2.24, 2.45) is 5.41 Å². The number of fused-ring (bicyclic) bond motifs is 4. The first kappa shape index (κ1) is 29.7. The van der Waals surface area contributed by atoms with Crippen LogP contribution in [0.2, 0.25) is 0 Å². The second-order valence-electron chi connectivity index (χ2n) is 13.4. The van der Waals surface area contributed by atoms with Gasteiger partial charge in [0.1, 0.15) is 22.2 Å². The molecular weight excluding hydrogens is 600 g/mol. The number of carbonyl (C=O) groups is 1. The van der Waals surface area contributed by atoms with Crippen molar-refractivity contribution < 1.29 is 23.0 Å². The number of aromatic nitrogens is 3. The Bertz CT molecular complexity index is 1930. The zero-order valence-corrected chi connectivity index (χ0v) is 26.5. The number of halogens is 2. The molecule has 3 aromatic heterocycles. The van der Waals surface area contributed by atoms with Gasteiger partial charge in [-0.15, -0.1) is 11.3 Å². The van der Waals surface area contributed by atoms with Crippen LogP contribution in [-0.2, 0) is 22.7 Å². The standard InChI is InChI=1S/C32H33F2N7O3S/c1-15(2)38-21-11-41(14-32(21)6-7-32)29-37-9-17-18-12-43-13-19(18)22(24(34)25(17)39-29)26-23-16(8-35)28(40-30(42)44-31(3,4)5)45-27(23)20(33)10-36-26/h9-10,15,21,38H,6-7,11-14H2,1-5H3,(H,40,42). The highest BCUT2D eigenvalue weighted by molar-refractivity contribution is 7.23. The third kappa shape index (κ3) is 5.05. The summed E-state index contributed by atoms with van der Waals surface area (Å²) in [5.74, 6) is -0.897. The lowest BCUT2D eigenvalue weighted by molar-refractivity contribution is 0.0636. The van der Waals surface area contributed by atoms with Gasteiger partial charge in [-0.3, -0.25) is 10.3 Å². The molecule has 0 radical (unpaired) electrons. The van der Waals surface area contributed by atoms with E-state index in [1.165, 1.54) is 0 Å². The van der Waals surface area contributed by atoms with E-state index in [2.05, 4.69) is 45.4 Å². The Balaban J connectivity index is 1.36. The van der Waals surface area contributed by atoms with Crippen LogP contribution in [0.4, 0.5) is 24.5 Å². The molecule has 1 unspecified atom stereocenters. The van der Waals surface area contributed by atoms with Gasteiger partial charge >= 0.3 is 6.09 Å². The van der Waals surface area contributed by atoms with E-state index in [-0.39, 0.29) is 56.1 Å². The molecule has 2 N–H and O–H groups in total. The number of pyridine rings is 1. The molecule has 45 heavy (non-hydrogen) atoms. The van der Waals surface area contributed by atoms with Crippen LogP contribution in [-0.4, -0.2) is 51.8 Å². The maximum atomic E-state index is 16.9. The molecule has 7 rings (SSSR count). The van der Waals surface area contributed by atoms with Crippen molar-refractivity contribution in [2.75, 3.05) is 23.3 Å². The molecule has 5 heterocycles. The zero-order chi connectivity index (χ0) is 31.8. The first-order chi connectivity index (χ1) is 21.4. The number of nitrogens with zero attached hydrogens (tertiary/aromatic N) is 5. The van der Waals surface area contributed by atoms with Crippen LogP contribution >= 0.6 is 11.3 Å². The van der Waals surface area contributed by atoms with Crippen molar-refractivity contribution >= 4 is 49.4 Å². The van der Waals surface area contributed by atoms with Crippen molar-refractivity contribution in [1.29, 1.82) is 5.26 Å². The monoisotopic (exact) mass is 633 g/mol. The number of thiophene rings is 1. The van der Waals surface area contributed by atoms with Gasteiger partial charge in [-0.1, -0.05) is 13.8 Å². The minimum atomic E-state index is -0.795. The van der Waals surface area contributed by atoms with Crippen molar-refractivity contribution in [1.82, 2.24) is 20.3 Å². The van der Waals surface area contributed by atoms with E-state index >= 15 is 8.78 Å². The number of nitrogens with one attached hydrogen (secondary N) is 2. The average molecular weight is 634 g/mol. The number of hydrogen-bond acceptors (Lipinski definition) is 10. The van der Waals surface area contributed by atoms with E-state index in [9.17, 15) is 10.1 Å². The highest BCUT2D eigenvalue weighted by Gasteiger charge is 2.55. The van der Waals surface area contributed by atoms with Gasteiger partial charge in [0.15, 0.2) is 11.6 Å². The Hall–Kier alpha value is -3.99. The van der Waals surface area contributed by atoms with Gasteiger partial charge in [-0.05, 0) is 44.7 Å². The van der Waals surface area contributed by atoms with Crippen molar-refractivity contribution in [3.63, 3.8) is 0 Å². The number of hydrogen-bond donors (Lipinski definition) is 2. The second-order valence-corrected chi connectivity index (χ2v) is 14.4. The van der Waals surface area contributed by atoms with Crippen LogP contribution in [0.15, 0.2) is 12.4 Å². The number of anilines is 2. The van der Waals surface area contributed by atoms with Crippen molar-refractivity contribution in [3.8, 4) is 17.3 Å². The van der Waals surface area contributed by atoms with Crippen LogP contribution < -0.4 is 15.5 Å². The molecular formula is C32H33F2N7O3S. The molecule has 3 aliphatic rings. The second kappa shape index (κ2) is 10.5. The van der Waals surface area contributed by atoms with E-state index < -0.39 is 23.3 Å². The fourth-order valence-corrected chi connectivity index (χ4v) is 7.61. The Morgan fingerprint density at radius 1 is 1.22 bits per heavy atom. The maximum absolute atomic E-state index is 16.9. The summed E-state index contributed by atoms with van der Waals surface area (Å²) in [6.45, 7) is 11.2. The van der Waals surface area contributed by atoms with E-state index in [4.69, 9.17) is 14.5 Å². The van der Waals surface area contributed by atoms with Gasteiger partial charge in [-0.2, -0.15) is 5.26 Å². The van der Waals surface area contributed by atoms with Gasteiger partial charge in [0.2, 0.25) is 5.95 Å². The summed E-state index contributed by atoms with van der Waals surface area (Å²) in [5, 5.41) is 17.2. The van der Waals surface area contributed by atoms with E-state index in [0.717, 1.165) is 49.0 Å². The van der Waals surface area contributed by atoms with Crippen LogP contribution in [0.25, 0.3) is 32.2 Å². The summed E-state index contributed by atoms with van der Waals surface area (Å²) in [5.41, 5.74) is 0.929. The predicted molar refractivity (Wildman–Crippen MR) is 167 cm³/mol. The zero-order valence-electron chi connectivity index (χ0n) is 25.7. The number of ether oxygens (including phenoxy) is 2. The third-order valence-electron chi connectivity index (χ3n) is 8.68. The number of nitriles is 1. The van der Waals surface area contributed by atoms with Crippen LogP contribution in [0.1, 0.15) is 64.2 Å². The van der Waals surface area contributed by atoms with Crippen molar-refractivity contribution in [3.05, 3.63) is 40.7 Å². The summed E-state index contributed by atoms with van der Waals surface area (Å²) in [6.07, 6.45) is 4.12. The first-order valence-corrected chi connectivity index (χ1v) is 15.8. The van der Waals surface area contributed by atoms with Gasteiger partial charge in [0.05, 0.1) is 35.4 Å². The molecule has 1 saturated carbocycles. The molecule has 1 saturated heterocycles. The lowest BCUT2D eigenvalue weighted by Gasteiger charge is -2.21. The van der Waals surface area contributed by atoms with Gasteiger partial charge in [0, 0.05) is 53.1 Å². The van der Waals surface area contributed by atoms with Crippen LogP contribution in [0.3, 0.4) is 0 Å². The summed E-state index contributed by atoms with van der Waals surface area (Å²) in [4.78, 5) is 28.5. The molecule has 1 atom stereocenters. The summed E-state index contributed by atoms with van der Waals surface area (Å²) in [6, 6.07) is 2.70. The molecule has 0 bridgehead atoms. The fourth-order valence-electron chi connectivity index (χ4n) is 6.57. The summed E-state index contributed by atoms with van der Waals surface area (Å²) >= 11 is 0.869. The molecule has 1 aromatic carbocycles. The molecule has 234 valence electrons. The van der Waals surface area contributed by atoms with E-state index in [1.54, 1.807) is 27.0 Å². The Labute approximate surface area is 262 Å². The third-order valence-corrected chi connectivity index (χ3v) is 9.79. The molecule has 2 fully saturated rings. The average Bonchev–Trinajstić information content (AvgIpc) is 3.26. The molecule has 4 aromatic rings. The maximum Gasteiger partial charge on any atom is 0.412 e. The Morgan fingerprint density at radius 3 is 2.67 bits per heavy atom. The normalized spacial score (nSPS) is 18.6. The lowest BCUT2D eigenvalue weighted by Crippen LogP contribution is -2.41. The van der Waals surface area contributed by atoms with Gasteiger partial charge in [0.25, 0.3) is 0 Å². The minimum Gasteiger partial charge on any atom is -0.444 e. The Kier molecular flexibility index (Phi) is 6.96. The molecule has 1 spiro atoms. The SMILES string of the molecule is CC(C)NC1CN(c2ncc3c4c(c(-c5ncc(F)c6sc(NC(=O)OC(C)(C)C)c(C#N)c56)c(F)c3n2)COC4)CC12CC2. The van der Waals surface area contributed by atoms with Gasteiger partial charge < -0.3 is 19.7 Å². The summed E-state index contributed by atoms with van der Waals surface area (Å²) in [7, 11) is 0. The minimum absolute atomic E-state index is 0.0334. The topological polar surface area (TPSA) is 125 Å². The molecule has 2 aliphatic heterocycles. The highest BCUT2D eigenvalue weighted by atomic mass is 32.1. The number of rotatable bonds is 5. The van der Waals surface area contributed by atoms with E-state index in [1.807, 2.05) is 0 Å². The fraction of sp³-hybridized carbons (Fsp3) is 0.469. The molecule has 10 nitrogen and oxygen atoms in total. The van der Waals surface area contributed by atoms with Crippen LogP contribution in [0, 0.1) is 28.4 Å². The summed E-state index contributed by atoms with van der Waals surface area (Å²) < 4.78 is 43.3. The lowest BCUT2D eigenvalue weighted by atomic mass is 9.94. The largest absolute Gasteiger partial charge is 0.444 e. The van der Waals surface area contributed by atoms with Crippen molar-refractivity contribution in [2.45, 2.75) is 78.4 Å². The Morgan fingerprint density at radius 2 is 1.98 bits per heavy atom. The highest BCUT2D eigenvalue weighted by Crippen LogP contribution is 2.53. The van der Waals surface area contributed by atoms with E-state index in [0.29, 0.717) is 29.0 Å². The number of benzene rings is 1. The smallest absolute Gasteiger partial charge is 0.412 e. The van der Waals surface area contributed by atoms with Gasteiger partial charge in [-0.25, -0.2) is 23.5 Å². The predicted octanol–water partition coefficient (Wildman–Crippen LogP) is 6.40. The number of amides is 1. The molecule has 13 heteroatoms. The first-order valence-electron chi connectivity index (χ1n) is 15.0.